The van der Waals surface area contributed by atoms with Crippen molar-refractivity contribution in [1.29, 1.82) is 0 Å². The van der Waals surface area contributed by atoms with Gasteiger partial charge in [-0.25, -0.2) is 4.79 Å². The van der Waals surface area contributed by atoms with Crippen molar-refractivity contribution in [3.05, 3.63) is 11.3 Å². The fourth-order valence-electron chi connectivity index (χ4n) is 2.08. The van der Waals surface area contributed by atoms with Crippen LogP contribution in [0.1, 0.15) is 33.6 Å². The van der Waals surface area contributed by atoms with E-state index in [0.29, 0.717) is 30.8 Å². The fraction of sp³-hybridized carbons (Fsp3) is 0.692. The van der Waals surface area contributed by atoms with Crippen molar-refractivity contribution in [2.75, 3.05) is 13.7 Å². The molecule has 0 saturated heterocycles. The number of hydrogen-bond acceptors (Lipinski definition) is 5. The first kappa shape index (κ1) is 15.5. The van der Waals surface area contributed by atoms with E-state index in [2.05, 4.69) is 5.32 Å². The van der Waals surface area contributed by atoms with Crippen molar-refractivity contribution in [1.82, 2.24) is 5.32 Å². The third-order valence-electron chi connectivity index (χ3n) is 2.81. The van der Waals surface area contributed by atoms with E-state index in [-0.39, 0.29) is 5.91 Å². The second-order valence-corrected chi connectivity index (χ2v) is 4.17. The summed E-state index contributed by atoms with van der Waals surface area (Å²) in [4.78, 5) is 23.1. The predicted octanol–water partition coefficient (Wildman–Crippen LogP) is 1.11. The van der Waals surface area contributed by atoms with Gasteiger partial charge >= 0.3 is 5.97 Å². The fourth-order valence-corrected chi connectivity index (χ4v) is 2.08. The Morgan fingerprint density at radius 3 is 2.58 bits per heavy atom. The summed E-state index contributed by atoms with van der Waals surface area (Å²) in [5, 5.41) is 2.74. The molecule has 0 fully saturated rings. The largest absolute Gasteiger partial charge is 0.469 e. The van der Waals surface area contributed by atoms with E-state index >= 15 is 0 Å². The molecule has 0 saturated carbocycles. The lowest BCUT2D eigenvalue weighted by atomic mass is 9.98. The Hall–Kier alpha value is -1.56. The summed E-state index contributed by atoms with van der Waals surface area (Å²) in [5.41, 5.74) is 0.371. The maximum Gasteiger partial charge on any atom is 0.339 e. The number of methoxy groups -OCH3 is 1. The Kier molecular flexibility index (Phi) is 5.82. The zero-order chi connectivity index (χ0) is 14.4. The molecule has 1 heterocycles. The first-order chi connectivity index (χ1) is 9.03. The van der Waals surface area contributed by atoms with Gasteiger partial charge in [0.15, 0.2) is 0 Å². The first-order valence-corrected chi connectivity index (χ1v) is 6.40. The van der Waals surface area contributed by atoms with Crippen molar-refractivity contribution in [3.63, 3.8) is 0 Å². The van der Waals surface area contributed by atoms with E-state index in [9.17, 15) is 9.59 Å². The van der Waals surface area contributed by atoms with Crippen molar-refractivity contribution in [2.45, 2.75) is 45.9 Å². The van der Waals surface area contributed by atoms with Crippen LogP contribution in [0.3, 0.4) is 0 Å². The molecule has 6 heteroatoms. The number of hydrogen-bond donors (Lipinski definition) is 1. The summed E-state index contributed by atoms with van der Waals surface area (Å²) >= 11 is 0. The summed E-state index contributed by atoms with van der Waals surface area (Å²) in [5.74, 6) is -0.181. The standard InChI is InChI=1S/C13H21NO5/c1-5-10-12(13(16)17-4)9(14-8(3)15)7-11(19-10)18-6-2/h9,11H,5-7H2,1-4H3,(H,14,15)/t9-,11-/m0/s1. The number of carbonyl (C=O) groups excluding carboxylic acids is 2. The molecule has 1 N–H and O–H groups in total. The van der Waals surface area contributed by atoms with Crippen LogP contribution in [0.2, 0.25) is 0 Å². The van der Waals surface area contributed by atoms with E-state index in [1.165, 1.54) is 14.0 Å². The van der Waals surface area contributed by atoms with Crippen LogP contribution in [0.5, 0.6) is 0 Å². The minimum Gasteiger partial charge on any atom is -0.469 e. The van der Waals surface area contributed by atoms with Crippen LogP contribution in [-0.2, 0) is 23.8 Å². The molecule has 108 valence electrons. The predicted molar refractivity (Wildman–Crippen MR) is 68.1 cm³/mol. The average molecular weight is 271 g/mol. The Bertz CT molecular complexity index is 377. The van der Waals surface area contributed by atoms with Gasteiger partial charge in [0.05, 0.1) is 18.7 Å². The molecule has 6 nitrogen and oxygen atoms in total. The van der Waals surface area contributed by atoms with Gasteiger partial charge in [0, 0.05) is 26.4 Å². The molecule has 19 heavy (non-hydrogen) atoms. The van der Waals surface area contributed by atoms with Crippen molar-refractivity contribution in [3.8, 4) is 0 Å². The average Bonchev–Trinajstić information content (AvgIpc) is 2.37. The highest BCUT2D eigenvalue weighted by molar-refractivity contribution is 5.91. The molecule has 0 bridgehead atoms. The van der Waals surface area contributed by atoms with E-state index < -0.39 is 18.3 Å². The quantitative estimate of drug-likeness (QED) is 0.758. The molecule has 0 unspecified atom stereocenters. The van der Waals surface area contributed by atoms with Gasteiger partial charge in [0.2, 0.25) is 12.2 Å². The Balaban J connectivity index is 3.05. The minimum atomic E-state index is -0.481. The SMILES string of the molecule is CCO[C@@H]1C[C@H](NC(C)=O)C(C(=O)OC)=C(CC)O1. The molecule has 0 aromatic heterocycles. The number of ether oxygens (including phenoxy) is 3. The molecule has 1 aliphatic rings. The summed E-state index contributed by atoms with van der Waals surface area (Å²) in [6.07, 6.45) is 0.469. The van der Waals surface area contributed by atoms with Crippen LogP contribution in [0.15, 0.2) is 11.3 Å². The highest BCUT2D eigenvalue weighted by Crippen LogP contribution is 2.28. The lowest BCUT2D eigenvalue weighted by Gasteiger charge is -2.32. The molecule has 0 aliphatic carbocycles. The van der Waals surface area contributed by atoms with Gasteiger partial charge in [-0.1, -0.05) is 6.92 Å². The summed E-state index contributed by atoms with van der Waals surface area (Å²) in [6.45, 7) is 5.65. The number of nitrogens with one attached hydrogen (secondary N) is 1. The van der Waals surface area contributed by atoms with E-state index in [1.54, 1.807) is 0 Å². The van der Waals surface area contributed by atoms with E-state index in [4.69, 9.17) is 14.2 Å². The van der Waals surface area contributed by atoms with Gasteiger partial charge in [-0.05, 0) is 6.92 Å². The number of amides is 1. The number of esters is 1. The Labute approximate surface area is 113 Å². The van der Waals surface area contributed by atoms with Crippen molar-refractivity contribution in [2.24, 2.45) is 0 Å². The van der Waals surface area contributed by atoms with Crippen LogP contribution < -0.4 is 5.32 Å². The maximum atomic E-state index is 11.8. The smallest absolute Gasteiger partial charge is 0.339 e. The lowest BCUT2D eigenvalue weighted by molar-refractivity contribution is -0.146. The van der Waals surface area contributed by atoms with Gasteiger partial charge in [0.25, 0.3) is 0 Å². The van der Waals surface area contributed by atoms with Crippen LogP contribution in [0, 0.1) is 0 Å². The van der Waals surface area contributed by atoms with Crippen LogP contribution in [0.4, 0.5) is 0 Å². The van der Waals surface area contributed by atoms with Crippen molar-refractivity contribution < 1.29 is 23.8 Å². The summed E-state index contributed by atoms with van der Waals surface area (Å²) < 4.78 is 15.8. The van der Waals surface area contributed by atoms with Crippen LogP contribution in [0.25, 0.3) is 0 Å². The topological polar surface area (TPSA) is 73.9 Å². The molecular weight excluding hydrogens is 250 g/mol. The molecular formula is C13H21NO5. The molecule has 1 aliphatic heterocycles. The van der Waals surface area contributed by atoms with Crippen molar-refractivity contribution >= 4 is 11.9 Å². The number of allylic oxidation sites excluding steroid dienone is 1. The van der Waals surface area contributed by atoms with Crippen LogP contribution in [-0.4, -0.2) is 37.9 Å². The molecule has 0 spiro atoms. The molecule has 0 radical (unpaired) electrons. The third kappa shape index (κ3) is 3.96. The number of carbonyl (C=O) groups is 2. The highest BCUT2D eigenvalue weighted by atomic mass is 16.7. The first-order valence-electron chi connectivity index (χ1n) is 6.40. The normalized spacial score (nSPS) is 22.7. The second kappa shape index (κ2) is 7.13. The van der Waals surface area contributed by atoms with Gasteiger partial charge < -0.3 is 19.5 Å². The second-order valence-electron chi connectivity index (χ2n) is 4.17. The minimum absolute atomic E-state index is 0.209. The third-order valence-corrected chi connectivity index (χ3v) is 2.81. The highest BCUT2D eigenvalue weighted by Gasteiger charge is 2.35. The molecule has 1 rings (SSSR count). The van der Waals surface area contributed by atoms with E-state index in [0.717, 1.165) is 0 Å². The molecule has 0 aromatic carbocycles. The Morgan fingerprint density at radius 1 is 1.42 bits per heavy atom. The zero-order valence-electron chi connectivity index (χ0n) is 11.8. The lowest BCUT2D eigenvalue weighted by Crippen LogP contribution is -2.44. The molecule has 1 amide bonds. The van der Waals surface area contributed by atoms with Gasteiger partial charge in [-0.15, -0.1) is 0 Å². The zero-order valence-corrected chi connectivity index (χ0v) is 11.8. The Morgan fingerprint density at radius 2 is 2.11 bits per heavy atom. The van der Waals surface area contributed by atoms with Crippen LogP contribution >= 0.6 is 0 Å². The van der Waals surface area contributed by atoms with Gasteiger partial charge in [0.1, 0.15) is 5.76 Å². The molecule has 2 atom stereocenters. The van der Waals surface area contributed by atoms with E-state index in [1.807, 2.05) is 13.8 Å². The monoisotopic (exact) mass is 271 g/mol. The maximum absolute atomic E-state index is 11.8. The summed E-state index contributed by atoms with van der Waals surface area (Å²) in [7, 11) is 1.31. The number of rotatable bonds is 5. The summed E-state index contributed by atoms with van der Waals surface area (Å²) in [6, 6.07) is -0.440. The van der Waals surface area contributed by atoms with Gasteiger partial charge in [-0.2, -0.15) is 0 Å². The van der Waals surface area contributed by atoms with Gasteiger partial charge in [-0.3, -0.25) is 4.79 Å². The molecule has 0 aromatic rings.